The van der Waals surface area contributed by atoms with Crippen molar-refractivity contribution in [3.63, 3.8) is 0 Å². The van der Waals surface area contributed by atoms with Crippen molar-refractivity contribution in [3.8, 4) is 0 Å². The molecule has 110 valence electrons. The van der Waals surface area contributed by atoms with Gasteiger partial charge in [0.2, 0.25) is 0 Å². The maximum atomic E-state index is 11.6. The molecule has 0 bridgehead atoms. The van der Waals surface area contributed by atoms with E-state index in [1.807, 2.05) is 13.8 Å². The SMILES string of the molecule is CC(C)C(=O)OC[C@]1(C)C[C@H]1[C@H](C)C1CCCCC1. The van der Waals surface area contributed by atoms with Crippen LogP contribution in [0.2, 0.25) is 0 Å². The van der Waals surface area contributed by atoms with Gasteiger partial charge >= 0.3 is 5.97 Å². The Bertz CT molecular complexity index is 317. The predicted octanol–water partition coefficient (Wildman–Crippen LogP) is 4.43. The third kappa shape index (κ3) is 3.52. The fourth-order valence-electron chi connectivity index (χ4n) is 3.82. The zero-order valence-corrected chi connectivity index (χ0v) is 13.1. The monoisotopic (exact) mass is 266 g/mol. The summed E-state index contributed by atoms with van der Waals surface area (Å²) in [6.45, 7) is 9.16. The van der Waals surface area contributed by atoms with Gasteiger partial charge in [-0.15, -0.1) is 0 Å². The van der Waals surface area contributed by atoms with Crippen molar-refractivity contribution in [2.75, 3.05) is 6.61 Å². The highest BCUT2D eigenvalue weighted by Crippen LogP contribution is 2.59. The number of ether oxygens (including phenoxy) is 1. The summed E-state index contributed by atoms with van der Waals surface area (Å²) in [7, 11) is 0. The van der Waals surface area contributed by atoms with Gasteiger partial charge in [0.15, 0.2) is 0 Å². The van der Waals surface area contributed by atoms with Crippen LogP contribution in [-0.2, 0) is 9.53 Å². The van der Waals surface area contributed by atoms with E-state index in [0.717, 1.165) is 17.8 Å². The summed E-state index contributed by atoms with van der Waals surface area (Å²) in [6.07, 6.45) is 8.34. The number of rotatable bonds is 5. The Hall–Kier alpha value is -0.530. The van der Waals surface area contributed by atoms with Crippen LogP contribution >= 0.6 is 0 Å². The average molecular weight is 266 g/mol. The summed E-state index contributed by atoms with van der Waals surface area (Å²) in [5.41, 5.74) is 0.265. The van der Waals surface area contributed by atoms with Crippen LogP contribution in [-0.4, -0.2) is 12.6 Å². The Kier molecular flexibility index (Phi) is 4.58. The van der Waals surface area contributed by atoms with Crippen molar-refractivity contribution in [3.05, 3.63) is 0 Å². The minimum absolute atomic E-state index is 0.00318. The fourth-order valence-corrected chi connectivity index (χ4v) is 3.82. The lowest BCUT2D eigenvalue weighted by Gasteiger charge is -2.29. The van der Waals surface area contributed by atoms with Crippen molar-refractivity contribution < 1.29 is 9.53 Å². The third-order valence-electron chi connectivity index (χ3n) is 5.46. The molecule has 2 heteroatoms. The number of hydrogen-bond acceptors (Lipinski definition) is 2. The van der Waals surface area contributed by atoms with Crippen LogP contribution in [0.25, 0.3) is 0 Å². The van der Waals surface area contributed by atoms with Gasteiger partial charge in [-0.3, -0.25) is 4.79 Å². The molecule has 19 heavy (non-hydrogen) atoms. The maximum absolute atomic E-state index is 11.6. The Morgan fingerprint density at radius 2 is 1.84 bits per heavy atom. The number of carbonyl (C=O) groups is 1. The molecular formula is C17H30O2. The zero-order chi connectivity index (χ0) is 14.0. The van der Waals surface area contributed by atoms with Gasteiger partial charge < -0.3 is 4.74 Å². The second-order valence-electron chi connectivity index (χ2n) is 7.48. The predicted molar refractivity (Wildman–Crippen MR) is 77.8 cm³/mol. The highest BCUT2D eigenvalue weighted by atomic mass is 16.5. The minimum atomic E-state index is -0.0443. The lowest BCUT2D eigenvalue weighted by Crippen LogP contribution is -2.23. The van der Waals surface area contributed by atoms with Crippen LogP contribution in [0, 0.1) is 29.1 Å². The van der Waals surface area contributed by atoms with Gasteiger partial charge in [-0.25, -0.2) is 0 Å². The molecule has 0 saturated heterocycles. The van der Waals surface area contributed by atoms with E-state index in [-0.39, 0.29) is 17.3 Å². The molecule has 0 aromatic heterocycles. The summed E-state index contributed by atoms with van der Waals surface area (Å²) < 4.78 is 5.46. The summed E-state index contributed by atoms with van der Waals surface area (Å²) in [4.78, 5) is 11.6. The van der Waals surface area contributed by atoms with E-state index >= 15 is 0 Å². The molecule has 3 atom stereocenters. The van der Waals surface area contributed by atoms with Gasteiger partial charge in [0.1, 0.15) is 0 Å². The topological polar surface area (TPSA) is 26.3 Å². The van der Waals surface area contributed by atoms with Crippen molar-refractivity contribution in [2.45, 2.75) is 66.2 Å². The van der Waals surface area contributed by atoms with Gasteiger partial charge in [-0.2, -0.15) is 0 Å². The lowest BCUT2D eigenvalue weighted by atomic mass is 9.77. The van der Waals surface area contributed by atoms with Crippen LogP contribution in [0.1, 0.15) is 66.2 Å². The Morgan fingerprint density at radius 3 is 2.42 bits per heavy atom. The van der Waals surface area contributed by atoms with Gasteiger partial charge in [-0.1, -0.05) is 59.8 Å². The molecule has 2 fully saturated rings. The van der Waals surface area contributed by atoms with Crippen molar-refractivity contribution in [1.82, 2.24) is 0 Å². The van der Waals surface area contributed by atoms with E-state index in [4.69, 9.17) is 4.74 Å². The van der Waals surface area contributed by atoms with Crippen LogP contribution in [0.4, 0.5) is 0 Å². The summed E-state index contributed by atoms with van der Waals surface area (Å²) in [5, 5.41) is 0. The highest BCUT2D eigenvalue weighted by Gasteiger charge is 2.54. The van der Waals surface area contributed by atoms with E-state index in [1.54, 1.807) is 0 Å². The van der Waals surface area contributed by atoms with Gasteiger partial charge in [0.05, 0.1) is 12.5 Å². The molecule has 0 spiro atoms. The summed E-state index contributed by atoms with van der Waals surface area (Å²) >= 11 is 0. The minimum Gasteiger partial charge on any atom is -0.465 e. The number of hydrogen-bond donors (Lipinski definition) is 0. The molecule has 0 amide bonds. The molecule has 2 aliphatic carbocycles. The first-order valence-electron chi connectivity index (χ1n) is 8.10. The first kappa shape index (κ1) is 14.9. The molecule has 0 heterocycles. The molecule has 2 aliphatic rings. The highest BCUT2D eigenvalue weighted by molar-refractivity contribution is 5.71. The van der Waals surface area contributed by atoms with Crippen LogP contribution in [0.5, 0.6) is 0 Å². The van der Waals surface area contributed by atoms with E-state index in [1.165, 1.54) is 38.5 Å². The molecule has 0 N–H and O–H groups in total. The maximum Gasteiger partial charge on any atom is 0.308 e. The summed E-state index contributed by atoms with van der Waals surface area (Å²) in [5.74, 6) is 2.45. The molecule has 0 aromatic rings. The second kappa shape index (κ2) is 5.85. The Balaban J connectivity index is 1.79. The smallest absolute Gasteiger partial charge is 0.308 e. The second-order valence-corrected chi connectivity index (χ2v) is 7.48. The molecule has 2 nitrogen and oxygen atoms in total. The fraction of sp³-hybridized carbons (Fsp3) is 0.941. The summed E-state index contributed by atoms with van der Waals surface area (Å²) in [6, 6.07) is 0. The molecule has 2 rings (SSSR count). The first-order valence-corrected chi connectivity index (χ1v) is 8.10. The van der Waals surface area contributed by atoms with Crippen molar-refractivity contribution in [1.29, 1.82) is 0 Å². The third-order valence-corrected chi connectivity index (χ3v) is 5.46. The molecule has 0 aromatic carbocycles. The molecular weight excluding hydrogens is 236 g/mol. The van der Waals surface area contributed by atoms with Crippen LogP contribution in [0.15, 0.2) is 0 Å². The van der Waals surface area contributed by atoms with E-state index in [0.29, 0.717) is 6.61 Å². The largest absolute Gasteiger partial charge is 0.465 e. The lowest BCUT2D eigenvalue weighted by molar-refractivity contribution is -0.149. The first-order chi connectivity index (χ1) is 8.94. The van der Waals surface area contributed by atoms with Gasteiger partial charge in [0.25, 0.3) is 0 Å². The average Bonchev–Trinajstić information content (AvgIpc) is 3.08. The van der Waals surface area contributed by atoms with Gasteiger partial charge in [-0.05, 0) is 24.2 Å². The molecule has 2 saturated carbocycles. The van der Waals surface area contributed by atoms with Gasteiger partial charge in [0, 0.05) is 5.41 Å². The van der Waals surface area contributed by atoms with Crippen molar-refractivity contribution in [2.24, 2.45) is 29.1 Å². The van der Waals surface area contributed by atoms with Crippen molar-refractivity contribution >= 4 is 5.97 Å². The van der Waals surface area contributed by atoms with E-state index in [2.05, 4.69) is 13.8 Å². The molecule has 0 radical (unpaired) electrons. The number of esters is 1. The molecule has 0 aliphatic heterocycles. The Labute approximate surface area is 118 Å². The quantitative estimate of drug-likeness (QED) is 0.688. The zero-order valence-electron chi connectivity index (χ0n) is 13.1. The van der Waals surface area contributed by atoms with E-state index in [9.17, 15) is 4.79 Å². The van der Waals surface area contributed by atoms with Crippen LogP contribution in [0.3, 0.4) is 0 Å². The molecule has 0 unspecified atom stereocenters. The number of carbonyl (C=O) groups excluding carboxylic acids is 1. The Morgan fingerprint density at radius 1 is 1.21 bits per heavy atom. The normalized spacial score (nSPS) is 33.2. The van der Waals surface area contributed by atoms with Crippen LogP contribution < -0.4 is 0 Å². The van der Waals surface area contributed by atoms with E-state index < -0.39 is 0 Å². The standard InChI is InChI=1S/C17H30O2/c1-12(2)16(18)19-11-17(4)10-15(17)13(3)14-8-6-5-7-9-14/h12-15H,5-11H2,1-4H3/t13-,15+,17+/m1/s1.